The van der Waals surface area contributed by atoms with Crippen molar-refractivity contribution >= 4 is 5.91 Å². The Labute approximate surface area is 146 Å². The molecule has 0 saturated carbocycles. The van der Waals surface area contributed by atoms with Crippen LogP contribution < -0.4 is 9.47 Å². The van der Waals surface area contributed by atoms with Gasteiger partial charge in [0, 0.05) is 13.1 Å². The number of carbonyl (C=O) groups excluding carboxylic acids is 1. The maximum Gasteiger partial charge on any atom is 0.231 e. The Morgan fingerprint density at radius 1 is 1.32 bits per heavy atom. The van der Waals surface area contributed by atoms with E-state index in [0.717, 1.165) is 24.9 Å². The van der Waals surface area contributed by atoms with Gasteiger partial charge >= 0.3 is 0 Å². The second-order valence-corrected chi connectivity index (χ2v) is 6.22. The van der Waals surface area contributed by atoms with E-state index < -0.39 is 0 Å². The molecule has 1 fully saturated rings. The summed E-state index contributed by atoms with van der Waals surface area (Å²) in [5.74, 6) is 2.75. The molecule has 134 valence electrons. The van der Waals surface area contributed by atoms with Gasteiger partial charge in [0.25, 0.3) is 0 Å². The summed E-state index contributed by atoms with van der Waals surface area (Å²) in [6, 6.07) is 5.56. The van der Waals surface area contributed by atoms with Gasteiger partial charge in [-0.3, -0.25) is 4.79 Å². The molecule has 1 aliphatic heterocycles. The Hall–Kier alpha value is -2.57. The molecular weight excluding hydrogens is 322 g/mol. The van der Waals surface area contributed by atoms with Crippen LogP contribution in [0.25, 0.3) is 0 Å². The summed E-state index contributed by atoms with van der Waals surface area (Å²) in [6.07, 6.45) is 2.22. The van der Waals surface area contributed by atoms with Crippen molar-refractivity contribution in [1.82, 2.24) is 15.0 Å². The summed E-state index contributed by atoms with van der Waals surface area (Å²) in [5.41, 5.74) is 0.901. The Morgan fingerprint density at radius 2 is 2.12 bits per heavy atom. The number of piperidine rings is 1. The lowest BCUT2D eigenvalue weighted by Gasteiger charge is -2.31. The number of amides is 1. The first kappa shape index (κ1) is 17.3. The predicted octanol–water partition coefficient (Wildman–Crippen LogP) is 2.34. The van der Waals surface area contributed by atoms with E-state index in [1.54, 1.807) is 21.1 Å². The van der Waals surface area contributed by atoms with Gasteiger partial charge in [-0.05, 0) is 37.5 Å². The summed E-state index contributed by atoms with van der Waals surface area (Å²) in [4.78, 5) is 18.9. The number of rotatable bonds is 5. The molecule has 0 radical (unpaired) electrons. The molecule has 2 heterocycles. The lowest BCUT2D eigenvalue weighted by molar-refractivity contribution is -0.131. The fourth-order valence-corrected chi connectivity index (χ4v) is 3.16. The van der Waals surface area contributed by atoms with Gasteiger partial charge in [0.1, 0.15) is 0 Å². The SMILES string of the molecule is COc1ccc(CC(=O)N2CCC[C@H](c3nc(C)no3)C2)cc1OC. The van der Waals surface area contributed by atoms with Gasteiger partial charge in [-0.1, -0.05) is 11.2 Å². The summed E-state index contributed by atoms with van der Waals surface area (Å²) in [5, 5.41) is 3.85. The third kappa shape index (κ3) is 3.92. The normalized spacial score (nSPS) is 17.4. The molecule has 25 heavy (non-hydrogen) atoms. The fourth-order valence-electron chi connectivity index (χ4n) is 3.16. The summed E-state index contributed by atoms with van der Waals surface area (Å²) in [6.45, 7) is 3.18. The van der Waals surface area contributed by atoms with Crippen LogP contribution in [-0.4, -0.2) is 48.3 Å². The van der Waals surface area contributed by atoms with Crippen LogP contribution >= 0.6 is 0 Å². The lowest BCUT2D eigenvalue weighted by atomic mass is 9.97. The molecule has 7 heteroatoms. The summed E-state index contributed by atoms with van der Waals surface area (Å²) in [7, 11) is 3.18. The van der Waals surface area contributed by atoms with Gasteiger partial charge in [0.2, 0.25) is 11.8 Å². The van der Waals surface area contributed by atoms with E-state index in [0.29, 0.717) is 36.2 Å². The fraction of sp³-hybridized carbons (Fsp3) is 0.500. The molecule has 1 amide bonds. The zero-order valence-electron chi connectivity index (χ0n) is 14.8. The summed E-state index contributed by atoms with van der Waals surface area (Å²) < 4.78 is 15.8. The van der Waals surface area contributed by atoms with Gasteiger partial charge in [0.15, 0.2) is 17.3 Å². The standard InChI is InChI=1S/C18H23N3O4/c1-12-19-18(25-20-12)14-5-4-8-21(11-14)17(22)10-13-6-7-15(23-2)16(9-13)24-3/h6-7,9,14H,4-5,8,10-11H2,1-3H3/t14-/m0/s1. The molecule has 0 aliphatic carbocycles. The van der Waals surface area contributed by atoms with Crippen molar-refractivity contribution in [2.75, 3.05) is 27.3 Å². The van der Waals surface area contributed by atoms with Crippen LogP contribution in [0.4, 0.5) is 0 Å². The zero-order valence-corrected chi connectivity index (χ0v) is 14.8. The first-order valence-electron chi connectivity index (χ1n) is 8.39. The number of carbonyl (C=O) groups is 1. The van der Waals surface area contributed by atoms with Crippen molar-refractivity contribution in [2.24, 2.45) is 0 Å². The topological polar surface area (TPSA) is 77.7 Å². The Bertz CT molecular complexity index is 744. The number of aryl methyl sites for hydroxylation is 1. The van der Waals surface area contributed by atoms with Crippen LogP contribution in [0.15, 0.2) is 22.7 Å². The van der Waals surface area contributed by atoms with E-state index in [9.17, 15) is 4.79 Å². The van der Waals surface area contributed by atoms with Crippen molar-refractivity contribution in [3.63, 3.8) is 0 Å². The van der Waals surface area contributed by atoms with Crippen molar-refractivity contribution in [2.45, 2.75) is 32.1 Å². The second-order valence-electron chi connectivity index (χ2n) is 6.22. The molecule has 1 atom stereocenters. The molecule has 1 aromatic carbocycles. The van der Waals surface area contributed by atoms with Gasteiger partial charge in [0.05, 0.1) is 26.6 Å². The zero-order chi connectivity index (χ0) is 17.8. The minimum atomic E-state index is 0.0909. The molecule has 0 spiro atoms. The number of benzene rings is 1. The molecule has 2 aromatic rings. The number of methoxy groups -OCH3 is 2. The van der Waals surface area contributed by atoms with Gasteiger partial charge in [-0.25, -0.2) is 0 Å². The average molecular weight is 345 g/mol. The van der Waals surface area contributed by atoms with Gasteiger partial charge in [-0.15, -0.1) is 0 Å². The second kappa shape index (κ2) is 7.55. The first-order chi connectivity index (χ1) is 12.1. The number of aromatic nitrogens is 2. The molecule has 7 nitrogen and oxygen atoms in total. The highest BCUT2D eigenvalue weighted by molar-refractivity contribution is 5.79. The number of likely N-dealkylation sites (tertiary alicyclic amines) is 1. The van der Waals surface area contributed by atoms with Crippen molar-refractivity contribution < 1.29 is 18.8 Å². The monoisotopic (exact) mass is 345 g/mol. The number of hydrogen-bond acceptors (Lipinski definition) is 6. The minimum absolute atomic E-state index is 0.0909. The maximum atomic E-state index is 12.7. The molecular formula is C18H23N3O4. The van der Waals surface area contributed by atoms with E-state index in [1.165, 1.54) is 0 Å². The number of hydrogen-bond donors (Lipinski definition) is 0. The largest absolute Gasteiger partial charge is 0.493 e. The number of nitrogens with zero attached hydrogens (tertiary/aromatic N) is 3. The van der Waals surface area contributed by atoms with Crippen LogP contribution in [0.2, 0.25) is 0 Å². The van der Waals surface area contributed by atoms with E-state index in [-0.39, 0.29) is 11.8 Å². The van der Waals surface area contributed by atoms with Crippen LogP contribution in [0.1, 0.15) is 36.0 Å². The molecule has 0 bridgehead atoms. The molecule has 1 aliphatic rings. The van der Waals surface area contributed by atoms with Crippen molar-refractivity contribution in [3.05, 3.63) is 35.5 Å². The van der Waals surface area contributed by atoms with Crippen molar-refractivity contribution in [1.29, 1.82) is 0 Å². The van der Waals surface area contributed by atoms with Gasteiger partial charge < -0.3 is 18.9 Å². The van der Waals surface area contributed by atoms with E-state index in [2.05, 4.69) is 10.1 Å². The first-order valence-corrected chi connectivity index (χ1v) is 8.39. The quantitative estimate of drug-likeness (QED) is 0.828. The van der Waals surface area contributed by atoms with Gasteiger partial charge in [-0.2, -0.15) is 4.98 Å². The summed E-state index contributed by atoms with van der Waals surface area (Å²) >= 11 is 0. The van der Waals surface area contributed by atoms with Crippen LogP contribution in [0, 0.1) is 6.92 Å². The lowest BCUT2D eigenvalue weighted by Crippen LogP contribution is -2.40. The van der Waals surface area contributed by atoms with E-state index in [4.69, 9.17) is 14.0 Å². The van der Waals surface area contributed by atoms with Crippen LogP contribution in [-0.2, 0) is 11.2 Å². The average Bonchev–Trinajstić information content (AvgIpc) is 3.08. The highest BCUT2D eigenvalue weighted by atomic mass is 16.5. The third-order valence-corrected chi connectivity index (χ3v) is 4.47. The Morgan fingerprint density at radius 3 is 2.80 bits per heavy atom. The smallest absolute Gasteiger partial charge is 0.231 e. The predicted molar refractivity (Wildman–Crippen MR) is 90.8 cm³/mol. The molecule has 0 N–H and O–H groups in total. The molecule has 0 unspecified atom stereocenters. The molecule has 1 aromatic heterocycles. The van der Waals surface area contributed by atoms with E-state index >= 15 is 0 Å². The maximum absolute atomic E-state index is 12.7. The Kier molecular flexibility index (Phi) is 5.21. The highest BCUT2D eigenvalue weighted by Crippen LogP contribution is 2.29. The number of ether oxygens (including phenoxy) is 2. The third-order valence-electron chi connectivity index (χ3n) is 4.47. The molecule has 1 saturated heterocycles. The highest BCUT2D eigenvalue weighted by Gasteiger charge is 2.28. The van der Waals surface area contributed by atoms with Crippen LogP contribution in [0.3, 0.4) is 0 Å². The Balaban J connectivity index is 1.66. The minimum Gasteiger partial charge on any atom is -0.493 e. The molecule has 3 rings (SSSR count). The van der Waals surface area contributed by atoms with E-state index in [1.807, 2.05) is 23.1 Å². The van der Waals surface area contributed by atoms with Crippen molar-refractivity contribution in [3.8, 4) is 11.5 Å². The van der Waals surface area contributed by atoms with Crippen LogP contribution in [0.5, 0.6) is 11.5 Å².